The molecule has 1 rings (SSSR count). The Kier molecular flexibility index (Phi) is 5.13. The van der Waals surface area contributed by atoms with Gasteiger partial charge >= 0.3 is 0 Å². The highest BCUT2D eigenvalue weighted by atomic mass is 35.5. The lowest BCUT2D eigenvalue weighted by Gasteiger charge is -2.22. The highest BCUT2D eigenvalue weighted by Gasteiger charge is 2.15. The normalized spacial score (nSPS) is 14.9. The molecule has 1 aromatic rings. The van der Waals surface area contributed by atoms with Crippen molar-refractivity contribution < 1.29 is 0 Å². The molecule has 0 spiro atoms. The van der Waals surface area contributed by atoms with Gasteiger partial charge < -0.3 is 5.32 Å². The van der Waals surface area contributed by atoms with Gasteiger partial charge in [0.15, 0.2) is 0 Å². The zero-order valence-electron chi connectivity index (χ0n) is 9.76. The molecule has 2 atom stereocenters. The Morgan fingerprint density at radius 1 is 1.33 bits per heavy atom. The van der Waals surface area contributed by atoms with Crippen LogP contribution in [0, 0.1) is 5.92 Å². The molecule has 2 heteroatoms. The lowest BCUT2D eigenvalue weighted by molar-refractivity contribution is 0.381. The number of hydrogen-bond acceptors (Lipinski definition) is 1. The zero-order valence-corrected chi connectivity index (χ0v) is 10.5. The predicted molar refractivity (Wildman–Crippen MR) is 67.5 cm³/mol. The molecule has 0 saturated heterocycles. The third-order valence-electron chi connectivity index (χ3n) is 3.13. The molecular formula is C13H20ClN. The smallest absolute Gasteiger partial charge is 0.0438 e. The first-order valence-corrected chi connectivity index (χ1v) is 5.97. The van der Waals surface area contributed by atoms with E-state index in [9.17, 15) is 0 Å². The van der Waals surface area contributed by atoms with E-state index >= 15 is 0 Å². The van der Waals surface area contributed by atoms with Crippen LogP contribution in [0.25, 0.3) is 0 Å². The van der Waals surface area contributed by atoms with Gasteiger partial charge in [0, 0.05) is 11.1 Å². The van der Waals surface area contributed by atoms with Crippen molar-refractivity contribution in [2.75, 3.05) is 7.05 Å². The Labute approximate surface area is 97.8 Å². The minimum absolute atomic E-state index is 0.534. The lowest BCUT2D eigenvalue weighted by Crippen LogP contribution is -2.31. The number of benzene rings is 1. The third-order valence-corrected chi connectivity index (χ3v) is 3.50. The van der Waals surface area contributed by atoms with Gasteiger partial charge in [-0.15, -0.1) is 0 Å². The van der Waals surface area contributed by atoms with E-state index in [0.29, 0.717) is 12.0 Å². The number of halogens is 1. The summed E-state index contributed by atoms with van der Waals surface area (Å²) in [6.07, 6.45) is 2.23. The maximum absolute atomic E-state index is 6.15. The highest BCUT2D eigenvalue weighted by Crippen LogP contribution is 2.22. The molecule has 0 aliphatic heterocycles. The second-order valence-electron chi connectivity index (χ2n) is 4.04. The molecule has 0 aliphatic carbocycles. The first kappa shape index (κ1) is 12.5. The summed E-state index contributed by atoms with van der Waals surface area (Å²) in [5.41, 5.74) is 1.26. The standard InChI is InChI=1S/C13H20ClN/c1-4-11(10(2)15-3)9-12-7-5-6-8-13(12)14/h5-8,10-11,15H,4,9H2,1-3H3. The van der Waals surface area contributed by atoms with Crippen molar-refractivity contribution >= 4 is 11.6 Å². The maximum atomic E-state index is 6.15. The first-order chi connectivity index (χ1) is 7.19. The van der Waals surface area contributed by atoms with Crippen molar-refractivity contribution in [3.63, 3.8) is 0 Å². The van der Waals surface area contributed by atoms with Gasteiger partial charge in [-0.05, 0) is 37.9 Å². The Bertz CT molecular complexity index is 298. The van der Waals surface area contributed by atoms with Gasteiger partial charge in [0.1, 0.15) is 0 Å². The van der Waals surface area contributed by atoms with Gasteiger partial charge in [0.25, 0.3) is 0 Å². The van der Waals surface area contributed by atoms with Crippen LogP contribution in [0.15, 0.2) is 24.3 Å². The molecular weight excluding hydrogens is 206 g/mol. The second kappa shape index (κ2) is 6.14. The summed E-state index contributed by atoms with van der Waals surface area (Å²) in [4.78, 5) is 0. The molecule has 1 nitrogen and oxygen atoms in total. The fourth-order valence-corrected chi connectivity index (χ4v) is 2.07. The quantitative estimate of drug-likeness (QED) is 0.809. The minimum Gasteiger partial charge on any atom is -0.317 e. The Morgan fingerprint density at radius 2 is 2.00 bits per heavy atom. The van der Waals surface area contributed by atoms with Crippen LogP contribution in [0.3, 0.4) is 0 Å². The average Bonchev–Trinajstić information content (AvgIpc) is 2.27. The van der Waals surface area contributed by atoms with Gasteiger partial charge in [0.2, 0.25) is 0 Å². The van der Waals surface area contributed by atoms with E-state index < -0.39 is 0 Å². The van der Waals surface area contributed by atoms with Crippen molar-refractivity contribution in [1.29, 1.82) is 0 Å². The molecule has 1 aromatic carbocycles. The van der Waals surface area contributed by atoms with E-state index in [0.717, 1.165) is 11.4 Å². The summed E-state index contributed by atoms with van der Waals surface area (Å²) in [7, 11) is 2.01. The SMILES string of the molecule is CCC(Cc1ccccc1Cl)C(C)NC. The summed E-state index contributed by atoms with van der Waals surface area (Å²) in [6.45, 7) is 4.46. The predicted octanol–water partition coefficient (Wildman–Crippen LogP) is 3.52. The van der Waals surface area contributed by atoms with E-state index in [2.05, 4.69) is 31.3 Å². The van der Waals surface area contributed by atoms with E-state index in [1.54, 1.807) is 0 Å². The van der Waals surface area contributed by atoms with Gasteiger partial charge in [-0.2, -0.15) is 0 Å². The van der Waals surface area contributed by atoms with Crippen LogP contribution in [-0.4, -0.2) is 13.1 Å². The molecule has 0 saturated carbocycles. The number of nitrogens with one attached hydrogen (secondary N) is 1. The van der Waals surface area contributed by atoms with Gasteiger partial charge in [-0.3, -0.25) is 0 Å². The number of rotatable bonds is 5. The van der Waals surface area contributed by atoms with Crippen molar-refractivity contribution in [3.05, 3.63) is 34.9 Å². The van der Waals surface area contributed by atoms with Crippen molar-refractivity contribution in [2.45, 2.75) is 32.7 Å². The van der Waals surface area contributed by atoms with Crippen LogP contribution in [0.1, 0.15) is 25.8 Å². The maximum Gasteiger partial charge on any atom is 0.0438 e. The fourth-order valence-electron chi connectivity index (χ4n) is 1.86. The zero-order chi connectivity index (χ0) is 11.3. The van der Waals surface area contributed by atoms with Gasteiger partial charge in [0.05, 0.1) is 0 Å². The molecule has 2 unspecified atom stereocenters. The van der Waals surface area contributed by atoms with Crippen LogP contribution in [0.5, 0.6) is 0 Å². The Morgan fingerprint density at radius 3 is 2.53 bits per heavy atom. The highest BCUT2D eigenvalue weighted by molar-refractivity contribution is 6.31. The van der Waals surface area contributed by atoms with E-state index in [1.807, 2.05) is 19.2 Å². The molecule has 0 aliphatic rings. The molecule has 15 heavy (non-hydrogen) atoms. The second-order valence-corrected chi connectivity index (χ2v) is 4.45. The fraction of sp³-hybridized carbons (Fsp3) is 0.538. The van der Waals surface area contributed by atoms with E-state index in [1.165, 1.54) is 12.0 Å². The third kappa shape index (κ3) is 3.51. The summed E-state index contributed by atoms with van der Waals surface area (Å²) in [6, 6.07) is 8.65. The summed E-state index contributed by atoms with van der Waals surface area (Å²) in [5, 5.41) is 4.20. The summed E-state index contributed by atoms with van der Waals surface area (Å²) >= 11 is 6.15. The lowest BCUT2D eigenvalue weighted by atomic mass is 9.91. The monoisotopic (exact) mass is 225 g/mol. The van der Waals surface area contributed by atoms with Crippen LogP contribution in [-0.2, 0) is 6.42 Å². The molecule has 0 fully saturated rings. The molecule has 84 valence electrons. The van der Waals surface area contributed by atoms with E-state index in [4.69, 9.17) is 11.6 Å². The van der Waals surface area contributed by atoms with E-state index in [-0.39, 0.29) is 0 Å². The van der Waals surface area contributed by atoms with Crippen LogP contribution in [0.4, 0.5) is 0 Å². The van der Waals surface area contributed by atoms with Crippen molar-refractivity contribution in [2.24, 2.45) is 5.92 Å². The molecule has 1 N–H and O–H groups in total. The Hall–Kier alpha value is -0.530. The summed E-state index contributed by atoms with van der Waals surface area (Å²) < 4.78 is 0. The minimum atomic E-state index is 0.534. The Balaban J connectivity index is 2.71. The molecule has 0 amide bonds. The largest absolute Gasteiger partial charge is 0.317 e. The molecule has 0 heterocycles. The first-order valence-electron chi connectivity index (χ1n) is 5.59. The molecule has 0 bridgehead atoms. The molecule has 0 radical (unpaired) electrons. The average molecular weight is 226 g/mol. The summed E-state index contributed by atoms with van der Waals surface area (Å²) in [5.74, 6) is 0.648. The van der Waals surface area contributed by atoms with Crippen LogP contribution < -0.4 is 5.32 Å². The van der Waals surface area contributed by atoms with Gasteiger partial charge in [-0.25, -0.2) is 0 Å². The van der Waals surface area contributed by atoms with Crippen LogP contribution in [0.2, 0.25) is 5.02 Å². The molecule has 0 aromatic heterocycles. The number of hydrogen-bond donors (Lipinski definition) is 1. The van der Waals surface area contributed by atoms with Crippen molar-refractivity contribution in [1.82, 2.24) is 5.32 Å². The topological polar surface area (TPSA) is 12.0 Å². The van der Waals surface area contributed by atoms with Crippen LogP contribution >= 0.6 is 11.6 Å². The van der Waals surface area contributed by atoms with Crippen molar-refractivity contribution in [3.8, 4) is 0 Å². The van der Waals surface area contributed by atoms with Gasteiger partial charge in [-0.1, -0.05) is 43.1 Å².